The maximum atomic E-state index is 5.74. The fourth-order valence-electron chi connectivity index (χ4n) is 3.01. The molecule has 1 aromatic rings. The maximum absolute atomic E-state index is 5.74. The van der Waals surface area contributed by atoms with Crippen LogP contribution in [0.2, 0.25) is 0 Å². The third kappa shape index (κ3) is 7.34. The second-order valence-electron chi connectivity index (χ2n) is 6.65. The lowest BCUT2D eigenvalue weighted by Gasteiger charge is -2.22. The van der Waals surface area contributed by atoms with E-state index in [4.69, 9.17) is 19.2 Å². The molecule has 1 N–H and O–H groups in total. The van der Waals surface area contributed by atoms with Crippen LogP contribution in [-0.4, -0.2) is 69.0 Å². The van der Waals surface area contributed by atoms with E-state index in [2.05, 4.69) is 29.0 Å². The number of aliphatic imine (C=N–C) groups is 1. The van der Waals surface area contributed by atoms with Gasteiger partial charge in [0.1, 0.15) is 0 Å². The number of methoxy groups -OCH3 is 1. The van der Waals surface area contributed by atoms with E-state index in [-0.39, 0.29) is 0 Å². The molecule has 2 rings (SSSR count). The quantitative estimate of drug-likeness (QED) is 0.362. The Morgan fingerprint density at radius 2 is 2.22 bits per heavy atom. The standard InChI is InChI=1S/C20H34N4O3/c1-4-11-27-19-18(7-6-9-22-19)14-23-20(21-5-2)24-10-8-17(15-24)16-26-13-12-25-3/h6-7,9,17H,4-5,8,10-16H2,1-3H3,(H,21,23). The predicted octanol–water partition coefficient (Wildman–Crippen LogP) is 2.32. The van der Waals surface area contributed by atoms with Gasteiger partial charge < -0.3 is 24.4 Å². The van der Waals surface area contributed by atoms with Crippen LogP contribution in [-0.2, 0) is 16.0 Å². The number of hydrogen-bond acceptors (Lipinski definition) is 5. The van der Waals surface area contributed by atoms with Crippen molar-refractivity contribution in [3.8, 4) is 5.88 Å². The molecule has 152 valence electrons. The van der Waals surface area contributed by atoms with E-state index >= 15 is 0 Å². The lowest BCUT2D eigenvalue weighted by Crippen LogP contribution is -2.40. The monoisotopic (exact) mass is 378 g/mol. The summed E-state index contributed by atoms with van der Waals surface area (Å²) >= 11 is 0. The summed E-state index contributed by atoms with van der Waals surface area (Å²) in [7, 11) is 1.70. The maximum Gasteiger partial charge on any atom is 0.218 e. The molecule has 0 aliphatic carbocycles. The number of rotatable bonds is 11. The van der Waals surface area contributed by atoms with E-state index in [1.54, 1.807) is 13.3 Å². The van der Waals surface area contributed by atoms with E-state index in [1.807, 2.05) is 12.1 Å². The van der Waals surface area contributed by atoms with Gasteiger partial charge in [-0.3, -0.25) is 0 Å². The minimum Gasteiger partial charge on any atom is -0.477 e. The summed E-state index contributed by atoms with van der Waals surface area (Å²) in [6.07, 6.45) is 3.84. The van der Waals surface area contributed by atoms with E-state index in [0.29, 0.717) is 38.2 Å². The highest BCUT2D eigenvalue weighted by Crippen LogP contribution is 2.19. The first-order valence-electron chi connectivity index (χ1n) is 9.95. The van der Waals surface area contributed by atoms with Crippen LogP contribution in [0.4, 0.5) is 0 Å². The Kier molecular flexibility index (Phi) is 9.94. The van der Waals surface area contributed by atoms with Gasteiger partial charge in [0.05, 0.1) is 33.0 Å². The van der Waals surface area contributed by atoms with Crippen LogP contribution in [0.1, 0.15) is 32.3 Å². The number of nitrogens with one attached hydrogen (secondary N) is 1. The highest BCUT2D eigenvalue weighted by atomic mass is 16.5. The number of hydrogen-bond donors (Lipinski definition) is 1. The second-order valence-corrected chi connectivity index (χ2v) is 6.65. The molecule has 1 aliphatic rings. The second kappa shape index (κ2) is 12.5. The summed E-state index contributed by atoms with van der Waals surface area (Å²) in [5.41, 5.74) is 1.01. The van der Waals surface area contributed by atoms with Crippen LogP contribution in [0.3, 0.4) is 0 Å². The first kappa shape index (κ1) is 21.4. The largest absolute Gasteiger partial charge is 0.477 e. The van der Waals surface area contributed by atoms with Crippen LogP contribution in [0.25, 0.3) is 0 Å². The molecule has 1 unspecified atom stereocenters. The zero-order valence-corrected chi connectivity index (χ0v) is 16.9. The van der Waals surface area contributed by atoms with Crippen molar-refractivity contribution >= 4 is 5.96 Å². The SMILES string of the molecule is CCCOc1ncccc1CN=C(NCC)N1CCC(COCCOC)C1. The zero-order valence-electron chi connectivity index (χ0n) is 16.9. The molecule has 0 bridgehead atoms. The van der Waals surface area contributed by atoms with Gasteiger partial charge in [-0.2, -0.15) is 0 Å². The van der Waals surface area contributed by atoms with Crippen molar-refractivity contribution in [2.75, 3.05) is 53.2 Å². The molecule has 7 heteroatoms. The van der Waals surface area contributed by atoms with Crippen molar-refractivity contribution in [2.45, 2.75) is 33.2 Å². The smallest absolute Gasteiger partial charge is 0.218 e. The van der Waals surface area contributed by atoms with Gasteiger partial charge in [-0.1, -0.05) is 13.0 Å². The van der Waals surface area contributed by atoms with Crippen molar-refractivity contribution in [1.82, 2.24) is 15.2 Å². The summed E-state index contributed by atoms with van der Waals surface area (Å²) in [5, 5.41) is 3.41. The Bertz CT molecular complexity index is 568. The van der Waals surface area contributed by atoms with Gasteiger partial charge in [0.25, 0.3) is 0 Å². The van der Waals surface area contributed by atoms with E-state index in [0.717, 1.165) is 50.6 Å². The number of aromatic nitrogens is 1. The van der Waals surface area contributed by atoms with E-state index in [1.165, 1.54) is 0 Å². The average molecular weight is 379 g/mol. The lowest BCUT2D eigenvalue weighted by atomic mass is 10.1. The molecular weight excluding hydrogens is 344 g/mol. The Labute approximate surface area is 163 Å². The van der Waals surface area contributed by atoms with Crippen LogP contribution in [0.15, 0.2) is 23.3 Å². The van der Waals surface area contributed by atoms with Crippen LogP contribution in [0, 0.1) is 5.92 Å². The first-order chi connectivity index (χ1) is 13.3. The number of pyridine rings is 1. The topological polar surface area (TPSA) is 68.2 Å². The molecule has 0 aromatic carbocycles. The van der Waals surface area contributed by atoms with Crippen LogP contribution in [0.5, 0.6) is 5.88 Å². The fourth-order valence-corrected chi connectivity index (χ4v) is 3.01. The Hall–Kier alpha value is -1.86. The van der Waals surface area contributed by atoms with Crippen LogP contribution >= 0.6 is 0 Å². The number of ether oxygens (including phenoxy) is 3. The molecule has 2 heterocycles. The molecule has 0 amide bonds. The summed E-state index contributed by atoms with van der Waals surface area (Å²) in [6.45, 7) is 10.3. The summed E-state index contributed by atoms with van der Waals surface area (Å²) in [4.78, 5) is 11.5. The fraction of sp³-hybridized carbons (Fsp3) is 0.700. The first-order valence-corrected chi connectivity index (χ1v) is 9.95. The molecule has 7 nitrogen and oxygen atoms in total. The minimum absolute atomic E-state index is 0.535. The minimum atomic E-state index is 0.535. The molecule has 1 atom stereocenters. The van der Waals surface area contributed by atoms with Crippen molar-refractivity contribution in [3.63, 3.8) is 0 Å². The molecule has 0 radical (unpaired) electrons. The average Bonchev–Trinajstić information content (AvgIpc) is 3.16. The summed E-state index contributed by atoms with van der Waals surface area (Å²) < 4.78 is 16.5. The summed E-state index contributed by atoms with van der Waals surface area (Å²) in [5.74, 6) is 2.17. The molecule has 1 aromatic heterocycles. The zero-order chi connectivity index (χ0) is 19.3. The highest BCUT2D eigenvalue weighted by Gasteiger charge is 2.25. The van der Waals surface area contributed by atoms with Gasteiger partial charge in [0.15, 0.2) is 5.96 Å². The number of guanidine groups is 1. The third-order valence-corrected chi connectivity index (χ3v) is 4.40. The molecule has 1 aliphatic heterocycles. The van der Waals surface area contributed by atoms with Crippen LogP contribution < -0.4 is 10.1 Å². The Morgan fingerprint density at radius 3 is 3.00 bits per heavy atom. The van der Waals surface area contributed by atoms with Gasteiger partial charge >= 0.3 is 0 Å². The van der Waals surface area contributed by atoms with Crippen molar-refractivity contribution < 1.29 is 14.2 Å². The van der Waals surface area contributed by atoms with Gasteiger partial charge in [-0.15, -0.1) is 0 Å². The number of likely N-dealkylation sites (tertiary alicyclic amines) is 1. The normalized spacial score (nSPS) is 17.4. The van der Waals surface area contributed by atoms with Crippen molar-refractivity contribution in [2.24, 2.45) is 10.9 Å². The third-order valence-electron chi connectivity index (χ3n) is 4.40. The highest BCUT2D eigenvalue weighted by molar-refractivity contribution is 5.80. The molecular formula is C20H34N4O3. The van der Waals surface area contributed by atoms with Crippen molar-refractivity contribution in [1.29, 1.82) is 0 Å². The molecule has 0 spiro atoms. The summed E-state index contributed by atoms with van der Waals surface area (Å²) in [6, 6.07) is 3.96. The van der Waals surface area contributed by atoms with Gasteiger partial charge in [0.2, 0.25) is 5.88 Å². The molecule has 0 saturated carbocycles. The Balaban J connectivity index is 1.93. The predicted molar refractivity (Wildman–Crippen MR) is 107 cm³/mol. The van der Waals surface area contributed by atoms with Gasteiger partial charge in [-0.25, -0.2) is 9.98 Å². The van der Waals surface area contributed by atoms with Gasteiger partial charge in [0, 0.05) is 44.4 Å². The van der Waals surface area contributed by atoms with Gasteiger partial charge in [-0.05, 0) is 25.8 Å². The lowest BCUT2D eigenvalue weighted by molar-refractivity contribution is 0.0536. The number of nitrogens with zero attached hydrogens (tertiary/aromatic N) is 3. The van der Waals surface area contributed by atoms with E-state index < -0.39 is 0 Å². The molecule has 1 fully saturated rings. The molecule has 27 heavy (non-hydrogen) atoms. The van der Waals surface area contributed by atoms with Crippen molar-refractivity contribution in [3.05, 3.63) is 23.9 Å². The van der Waals surface area contributed by atoms with E-state index in [9.17, 15) is 0 Å². The molecule has 1 saturated heterocycles. The Morgan fingerprint density at radius 1 is 1.33 bits per heavy atom.